The predicted octanol–water partition coefficient (Wildman–Crippen LogP) is 5.65. The third-order valence-corrected chi connectivity index (χ3v) is 5.64. The maximum Gasteiger partial charge on any atom is 0.123 e. The number of rotatable bonds is 6. The second kappa shape index (κ2) is 9.19. The van der Waals surface area contributed by atoms with E-state index in [2.05, 4.69) is 29.2 Å². The van der Waals surface area contributed by atoms with Crippen LogP contribution in [0, 0.1) is 17.6 Å². The van der Waals surface area contributed by atoms with Gasteiger partial charge in [-0.25, -0.2) is 8.78 Å². The fraction of sp³-hybridized carbons (Fsp3) is 0.280. The lowest BCUT2D eigenvalue weighted by molar-refractivity contribution is 0.106. The summed E-state index contributed by atoms with van der Waals surface area (Å²) >= 11 is 0. The highest BCUT2D eigenvalue weighted by atomic mass is 19.1. The fourth-order valence-corrected chi connectivity index (χ4v) is 4.14. The molecule has 0 bridgehead atoms. The highest BCUT2D eigenvalue weighted by molar-refractivity contribution is 5.24. The van der Waals surface area contributed by atoms with Crippen LogP contribution in [0.4, 0.5) is 8.78 Å². The van der Waals surface area contributed by atoms with Crippen LogP contribution >= 0.6 is 0 Å². The van der Waals surface area contributed by atoms with Crippen molar-refractivity contribution in [2.45, 2.75) is 18.9 Å². The van der Waals surface area contributed by atoms with Gasteiger partial charge in [-0.3, -0.25) is 4.90 Å². The molecule has 1 fully saturated rings. The van der Waals surface area contributed by atoms with Crippen molar-refractivity contribution in [3.63, 3.8) is 0 Å². The summed E-state index contributed by atoms with van der Waals surface area (Å²) in [7, 11) is 0. The van der Waals surface area contributed by atoms with E-state index in [9.17, 15) is 8.78 Å². The van der Waals surface area contributed by atoms with Gasteiger partial charge < -0.3 is 4.74 Å². The quantitative estimate of drug-likeness (QED) is 0.537. The van der Waals surface area contributed by atoms with Crippen LogP contribution in [-0.4, -0.2) is 24.6 Å². The first-order valence-electron chi connectivity index (χ1n) is 10.1. The van der Waals surface area contributed by atoms with Gasteiger partial charge in [0.1, 0.15) is 17.4 Å². The molecule has 1 aliphatic heterocycles. The lowest BCUT2D eigenvalue weighted by atomic mass is 9.80. The Labute approximate surface area is 170 Å². The first-order valence-corrected chi connectivity index (χ1v) is 10.1. The second-order valence-electron chi connectivity index (χ2n) is 7.69. The minimum Gasteiger partial charge on any atom is -0.493 e. The average molecular weight is 393 g/mol. The summed E-state index contributed by atoms with van der Waals surface area (Å²) in [5.41, 5.74) is 2.45. The molecule has 0 spiro atoms. The Bertz CT molecular complexity index is 896. The van der Waals surface area contributed by atoms with Gasteiger partial charge in [0.15, 0.2) is 0 Å². The van der Waals surface area contributed by atoms with Crippen molar-refractivity contribution < 1.29 is 13.5 Å². The summed E-state index contributed by atoms with van der Waals surface area (Å²) in [5, 5.41) is 0. The van der Waals surface area contributed by atoms with Crippen molar-refractivity contribution in [3.05, 3.63) is 102 Å². The Morgan fingerprint density at radius 1 is 0.828 bits per heavy atom. The first-order chi connectivity index (χ1) is 14.2. The normalized spacial score (nSPS) is 19.8. The molecule has 0 amide bonds. The van der Waals surface area contributed by atoms with E-state index in [0.29, 0.717) is 18.3 Å². The number of benzene rings is 3. The van der Waals surface area contributed by atoms with Crippen molar-refractivity contribution in [2.24, 2.45) is 5.92 Å². The number of ether oxygens (including phenoxy) is 1. The predicted molar refractivity (Wildman–Crippen MR) is 111 cm³/mol. The molecule has 0 aliphatic carbocycles. The molecule has 3 aromatic rings. The van der Waals surface area contributed by atoms with Gasteiger partial charge in [-0.1, -0.05) is 42.5 Å². The maximum absolute atomic E-state index is 13.4. The topological polar surface area (TPSA) is 12.5 Å². The standard InChI is InChI=1S/C25H25F2NO/c26-22-8-6-20(7-9-22)25-14-15-28(16-19-4-2-1-3-5-19)17-21(25)18-29-24-12-10-23(27)11-13-24/h1-13,21,25H,14-18H2/t21-,25-/m0/s1. The third-order valence-electron chi connectivity index (χ3n) is 5.64. The van der Waals surface area contributed by atoms with Gasteiger partial charge in [0.25, 0.3) is 0 Å². The third kappa shape index (κ3) is 5.21. The van der Waals surface area contributed by atoms with E-state index in [1.54, 1.807) is 12.1 Å². The smallest absolute Gasteiger partial charge is 0.123 e. The Balaban J connectivity index is 1.48. The lowest BCUT2D eigenvalue weighted by Gasteiger charge is -2.39. The zero-order chi connectivity index (χ0) is 20.1. The van der Waals surface area contributed by atoms with E-state index in [0.717, 1.165) is 31.6 Å². The molecule has 3 aromatic carbocycles. The minimum absolute atomic E-state index is 0.214. The van der Waals surface area contributed by atoms with Crippen LogP contribution in [0.25, 0.3) is 0 Å². The number of hydrogen-bond donors (Lipinski definition) is 0. The van der Waals surface area contributed by atoms with Crippen molar-refractivity contribution in [1.29, 1.82) is 0 Å². The van der Waals surface area contributed by atoms with Crippen LogP contribution in [0.15, 0.2) is 78.9 Å². The summed E-state index contributed by atoms with van der Waals surface area (Å²) in [6, 6.07) is 23.4. The summed E-state index contributed by atoms with van der Waals surface area (Å²) in [6.45, 7) is 3.34. The van der Waals surface area contributed by atoms with Crippen LogP contribution in [0.3, 0.4) is 0 Å². The number of nitrogens with zero attached hydrogens (tertiary/aromatic N) is 1. The number of hydrogen-bond acceptors (Lipinski definition) is 2. The molecule has 0 saturated carbocycles. The van der Waals surface area contributed by atoms with Crippen LogP contribution in [0.5, 0.6) is 5.75 Å². The van der Waals surface area contributed by atoms with Crippen molar-refractivity contribution in [1.82, 2.24) is 4.90 Å². The van der Waals surface area contributed by atoms with Crippen molar-refractivity contribution in [2.75, 3.05) is 19.7 Å². The summed E-state index contributed by atoms with van der Waals surface area (Å²) in [6.07, 6.45) is 0.996. The number of likely N-dealkylation sites (tertiary alicyclic amines) is 1. The van der Waals surface area contributed by atoms with Gasteiger partial charge in [-0.05, 0) is 66.4 Å². The molecule has 0 N–H and O–H groups in total. The Kier molecular flexibility index (Phi) is 6.20. The molecule has 4 rings (SSSR count). The van der Waals surface area contributed by atoms with Crippen LogP contribution in [-0.2, 0) is 6.54 Å². The zero-order valence-corrected chi connectivity index (χ0v) is 16.3. The fourth-order valence-electron chi connectivity index (χ4n) is 4.14. The van der Waals surface area contributed by atoms with Crippen molar-refractivity contribution >= 4 is 0 Å². The monoisotopic (exact) mass is 393 g/mol. The van der Waals surface area contributed by atoms with Gasteiger partial charge in [0, 0.05) is 19.0 Å². The van der Waals surface area contributed by atoms with Gasteiger partial charge in [-0.15, -0.1) is 0 Å². The van der Waals surface area contributed by atoms with Gasteiger partial charge >= 0.3 is 0 Å². The number of halogens is 2. The molecule has 4 heteroatoms. The molecule has 0 radical (unpaired) electrons. The Morgan fingerprint density at radius 2 is 1.48 bits per heavy atom. The molecule has 0 unspecified atom stereocenters. The number of piperidine rings is 1. The Hall–Kier alpha value is -2.72. The molecule has 1 saturated heterocycles. The molecule has 29 heavy (non-hydrogen) atoms. The van der Waals surface area contributed by atoms with Crippen LogP contribution < -0.4 is 4.74 Å². The van der Waals surface area contributed by atoms with Gasteiger partial charge in [0.05, 0.1) is 6.61 Å². The van der Waals surface area contributed by atoms with Gasteiger partial charge in [0.2, 0.25) is 0 Å². The van der Waals surface area contributed by atoms with E-state index < -0.39 is 0 Å². The molecular formula is C25H25F2NO. The van der Waals surface area contributed by atoms with Gasteiger partial charge in [-0.2, -0.15) is 0 Å². The molecule has 150 valence electrons. The summed E-state index contributed by atoms with van der Waals surface area (Å²) in [5.74, 6) is 0.762. The highest BCUT2D eigenvalue weighted by Gasteiger charge is 2.31. The molecule has 0 aromatic heterocycles. The van der Waals surface area contributed by atoms with E-state index >= 15 is 0 Å². The van der Waals surface area contributed by atoms with E-state index in [1.807, 2.05) is 18.2 Å². The molecule has 2 atom stereocenters. The van der Waals surface area contributed by atoms with Crippen LogP contribution in [0.2, 0.25) is 0 Å². The SMILES string of the molecule is Fc1ccc(OC[C@@H]2CN(Cc3ccccc3)CC[C@H]2c2ccc(F)cc2)cc1. The van der Waals surface area contributed by atoms with E-state index in [1.165, 1.54) is 29.8 Å². The average Bonchev–Trinajstić information content (AvgIpc) is 2.75. The minimum atomic E-state index is -0.270. The summed E-state index contributed by atoms with van der Waals surface area (Å²) < 4.78 is 32.6. The second-order valence-corrected chi connectivity index (χ2v) is 7.69. The zero-order valence-electron chi connectivity index (χ0n) is 16.3. The molecule has 1 heterocycles. The molecule has 1 aliphatic rings. The van der Waals surface area contributed by atoms with Crippen molar-refractivity contribution in [3.8, 4) is 5.75 Å². The van der Waals surface area contributed by atoms with E-state index in [-0.39, 0.29) is 17.6 Å². The molecular weight excluding hydrogens is 368 g/mol. The van der Waals surface area contributed by atoms with Crippen LogP contribution in [0.1, 0.15) is 23.5 Å². The lowest BCUT2D eigenvalue weighted by Crippen LogP contribution is -2.41. The molecule has 2 nitrogen and oxygen atoms in total. The van der Waals surface area contributed by atoms with E-state index in [4.69, 9.17) is 4.74 Å². The largest absolute Gasteiger partial charge is 0.493 e. The Morgan fingerprint density at radius 3 is 2.17 bits per heavy atom. The maximum atomic E-state index is 13.4. The highest BCUT2D eigenvalue weighted by Crippen LogP contribution is 2.34. The first kappa shape index (κ1) is 19.6. The summed E-state index contributed by atoms with van der Waals surface area (Å²) in [4.78, 5) is 2.45.